The number of amides is 2. The van der Waals surface area contributed by atoms with Crippen LogP contribution in [-0.2, 0) is 23.1 Å². The van der Waals surface area contributed by atoms with E-state index in [4.69, 9.17) is 4.74 Å². The molecular formula is C22H30BrN3O3. The number of benzene rings is 1. The predicted molar refractivity (Wildman–Crippen MR) is 118 cm³/mol. The Labute approximate surface area is 181 Å². The fourth-order valence-electron chi connectivity index (χ4n) is 3.03. The van der Waals surface area contributed by atoms with Gasteiger partial charge in [-0.3, -0.25) is 9.59 Å². The molecule has 1 heterocycles. The van der Waals surface area contributed by atoms with Crippen LogP contribution in [0.2, 0.25) is 0 Å². The lowest BCUT2D eigenvalue weighted by Crippen LogP contribution is -2.47. The average Bonchev–Trinajstić information content (AvgIpc) is 3.12. The molecule has 0 aliphatic rings. The third-order valence-electron chi connectivity index (χ3n) is 5.08. The van der Waals surface area contributed by atoms with Gasteiger partial charge >= 0.3 is 0 Å². The molecular weight excluding hydrogens is 434 g/mol. The largest absolute Gasteiger partial charge is 0.383 e. The normalized spacial score (nSPS) is 11.9. The summed E-state index contributed by atoms with van der Waals surface area (Å²) < 4.78 is 8.02. The Morgan fingerprint density at radius 3 is 2.59 bits per heavy atom. The van der Waals surface area contributed by atoms with Crippen LogP contribution in [0.15, 0.2) is 47.1 Å². The van der Waals surface area contributed by atoms with Crippen LogP contribution >= 0.6 is 15.9 Å². The van der Waals surface area contributed by atoms with Crippen LogP contribution in [0.25, 0.3) is 0 Å². The minimum atomic E-state index is -0.139. The van der Waals surface area contributed by atoms with E-state index in [0.29, 0.717) is 25.3 Å². The van der Waals surface area contributed by atoms with Gasteiger partial charge in [-0.25, -0.2) is 0 Å². The van der Waals surface area contributed by atoms with E-state index in [0.717, 1.165) is 16.6 Å². The first kappa shape index (κ1) is 23.2. The molecule has 1 aromatic carbocycles. The summed E-state index contributed by atoms with van der Waals surface area (Å²) in [5, 5.41) is 0. The number of hydrogen-bond acceptors (Lipinski definition) is 3. The summed E-state index contributed by atoms with van der Waals surface area (Å²) in [7, 11) is 3.57. The van der Waals surface area contributed by atoms with Crippen molar-refractivity contribution in [2.45, 2.75) is 32.9 Å². The molecule has 7 heteroatoms. The van der Waals surface area contributed by atoms with Crippen LogP contribution in [0.1, 0.15) is 36.3 Å². The molecule has 0 saturated carbocycles. The van der Waals surface area contributed by atoms with Gasteiger partial charge in [0.1, 0.15) is 6.54 Å². The van der Waals surface area contributed by atoms with Crippen LogP contribution < -0.4 is 0 Å². The van der Waals surface area contributed by atoms with Gasteiger partial charge in [0.15, 0.2) is 0 Å². The number of methoxy groups -OCH3 is 1. The molecule has 2 rings (SSSR count). The molecule has 0 spiro atoms. The second-order valence-corrected chi connectivity index (χ2v) is 8.03. The van der Waals surface area contributed by atoms with Gasteiger partial charge in [-0.15, -0.1) is 0 Å². The maximum atomic E-state index is 13.2. The number of ether oxygens (including phenoxy) is 1. The van der Waals surface area contributed by atoms with Gasteiger partial charge in [-0.2, -0.15) is 0 Å². The molecule has 0 saturated heterocycles. The lowest BCUT2D eigenvalue weighted by molar-refractivity contribution is -0.133. The van der Waals surface area contributed by atoms with Gasteiger partial charge in [0.25, 0.3) is 5.91 Å². The van der Waals surface area contributed by atoms with E-state index in [9.17, 15) is 9.59 Å². The van der Waals surface area contributed by atoms with E-state index >= 15 is 0 Å². The SMILES string of the molecule is CCC(C)N(CC(=O)N(CCOC)Cc1cccn1C)C(=O)c1cccc(Br)c1. The predicted octanol–water partition coefficient (Wildman–Crippen LogP) is 3.70. The van der Waals surface area contributed by atoms with Crippen molar-refractivity contribution in [2.75, 3.05) is 26.8 Å². The highest BCUT2D eigenvalue weighted by atomic mass is 79.9. The van der Waals surface area contributed by atoms with E-state index in [1.165, 1.54) is 0 Å². The first-order chi connectivity index (χ1) is 13.9. The Morgan fingerprint density at radius 1 is 1.24 bits per heavy atom. The first-order valence-electron chi connectivity index (χ1n) is 9.80. The maximum Gasteiger partial charge on any atom is 0.254 e. The summed E-state index contributed by atoms with van der Waals surface area (Å²) in [6.45, 7) is 5.42. The molecule has 2 amide bonds. The minimum absolute atomic E-state index is 0.0362. The highest BCUT2D eigenvalue weighted by Gasteiger charge is 2.26. The number of carbonyl (C=O) groups is 2. The van der Waals surface area contributed by atoms with E-state index in [1.54, 1.807) is 29.0 Å². The van der Waals surface area contributed by atoms with Gasteiger partial charge < -0.3 is 19.1 Å². The summed E-state index contributed by atoms with van der Waals surface area (Å²) in [5.41, 5.74) is 1.60. The van der Waals surface area contributed by atoms with Crippen LogP contribution in [0.5, 0.6) is 0 Å². The zero-order valence-electron chi connectivity index (χ0n) is 17.6. The molecule has 0 N–H and O–H groups in total. The molecule has 1 unspecified atom stereocenters. The molecule has 0 fully saturated rings. The summed E-state index contributed by atoms with van der Waals surface area (Å²) >= 11 is 3.41. The summed E-state index contributed by atoms with van der Waals surface area (Å²) in [4.78, 5) is 29.7. The molecule has 0 radical (unpaired) electrons. The van der Waals surface area contributed by atoms with Gasteiger partial charge in [0.2, 0.25) is 5.91 Å². The fraction of sp³-hybridized carbons (Fsp3) is 0.455. The topological polar surface area (TPSA) is 54.8 Å². The molecule has 158 valence electrons. The molecule has 1 atom stereocenters. The molecule has 0 aliphatic carbocycles. The fourth-order valence-corrected chi connectivity index (χ4v) is 3.43. The van der Waals surface area contributed by atoms with Gasteiger partial charge in [0, 0.05) is 48.7 Å². The van der Waals surface area contributed by atoms with Gasteiger partial charge in [0.05, 0.1) is 13.2 Å². The van der Waals surface area contributed by atoms with Gasteiger partial charge in [-0.1, -0.05) is 28.9 Å². The van der Waals surface area contributed by atoms with E-state index in [2.05, 4.69) is 15.9 Å². The summed E-state index contributed by atoms with van der Waals surface area (Å²) in [6.07, 6.45) is 2.72. The lowest BCUT2D eigenvalue weighted by atomic mass is 10.1. The minimum Gasteiger partial charge on any atom is -0.383 e. The number of carbonyl (C=O) groups excluding carboxylic acids is 2. The van der Waals surface area contributed by atoms with Crippen molar-refractivity contribution in [1.29, 1.82) is 0 Å². The molecule has 6 nitrogen and oxygen atoms in total. The third-order valence-corrected chi connectivity index (χ3v) is 5.58. The first-order valence-corrected chi connectivity index (χ1v) is 10.6. The molecule has 0 aliphatic heterocycles. The third kappa shape index (κ3) is 6.44. The number of hydrogen-bond donors (Lipinski definition) is 0. The zero-order chi connectivity index (χ0) is 21.4. The van der Waals surface area contributed by atoms with Gasteiger partial charge in [-0.05, 0) is 43.7 Å². The second-order valence-electron chi connectivity index (χ2n) is 7.12. The Morgan fingerprint density at radius 2 is 2.00 bits per heavy atom. The van der Waals surface area contributed by atoms with E-state index < -0.39 is 0 Å². The Kier molecular flexibility index (Phi) is 8.92. The van der Waals surface area contributed by atoms with Crippen LogP contribution in [0, 0.1) is 0 Å². The summed E-state index contributed by atoms with van der Waals surface area (Å²) in [6, 6.07) is 11.2. The van der Waals surface area contributed by atoms with Crippen molar-refractivity contribution in [3.05, 3.63) is 58.3 Å². The van der Waals surface area contributed by atoms with Crippen LogP contribution in [0.3, 0.4) is 0 Å². The van der Waals surface area contributed by atoms with Crippen LogP contribution in [0.4, 0.5) is 0 Å². The van der Waals surface area contributed by atoms with Crippen molar-refractivity contribution >= 4 is 27.7 Å². The number of nitrogens with zero attached hydrogens (tertiary/aromatic N) is 3. The molecule has 1 aromatic heterocycles. The molecule has 0 bridgehead atoms. The van der Waals surface area contributed by atoms with Crippen LogP contribution in [-0.4, -0.2) is 59.0 Å². The number of aryl methyl sites for hydroxylation is 1. The van der Waals surface area contributed by atoms with Crippen molar-refractivity contribution in [3.63, 3.8) is 0 Å². The Bertz CT molecular complexity index is 821. The average molecular weight is 464 g/mol. The Balaban J connectivity index is 2.20. The van der Waals surface area contributed by atoms with E-state index in [-0.39, 0.29) is 24.4 Å². The Hall–Kier alpha value is -2.12. The monoisotopic (exact) mass is 463 g/mol. The summed E-state index contributed by atoms with van der Waals surface area (Å²) in [5.74, 6) is -0.230. The zero-order valence-corrected chi connectivity index (χ0v) is 19.2. The smallest absolute Gasteiger partial charge is 0.254 e. The van der Waals surface area contributed by atoms with Crippen molar-refractivity contribution in [1.82, 2.24) is 14.4 Å². The highest BCUT2D eigenvalue weighted by molar-refractivity contribution is 9.10. The molecule has 2 aromatic rings. The number of rotatable bonds is 10. The second kappa shape index (κ2) is 11.2. The van der Waals surface area contributed by atoms with Crippen molar-refractivity contribution in [3.8, 4) is 0 Å². The highest BCUT2D eigenvalue weighted by Crippen LogP contribution is 2.17. The van der Waals surface area contributed by atoms with Crippen molar-refractivity contribution in [2.24, 2.45) is 7.05 Å². The number of halogens is 1. The lowest BCUT2D eigenvalue weighted by Gasteiger charge is -2.31. The number of aromatic nitrogens is 1. The maximum absolute atomic E-state index is 13.2. The standard InChI is InChI=1S/C22H30BrN3O3/c1-5-17(2)26(22(28)18-8-6-9-19(23)14-18)16-21(27)25(12-13-29-4)15-20-10-7-11-24(20)3/h6-11,14,17H,5,12-13,15-16H2,1-4H3. The van der Waals surface area contributed by atoms with Crippen molar-refractivity contribution < 1.29 is 14.3 Å². The molecule has 29 heavy (non-hydrogen) atoms. The van der Waals surface area contributed by atoms with E-state index in [1.807, 2.05) is 55.9 Å². The quantitative estimate of drug-likeness (QED) is 0.539.